The minimum Gasteiger partial charge on any atom is -0.496 e. The minimum atomic E-state index is -0.668. The number of ether oxygens (including phenoxy) is 2. The van der Waals surface area contributed by atoms with Gasteiger partial charge >= 0.3 is 12.0 Å². The fourth-order valence-corrected chi connectivity index (χ4v) is 3.05. The normalized spacial score (nSPS) is 17.4. The van der Waals surface area contributed by atoms with Crippen LogP contribution in [0.4, 0.5) is 4.79 Å². The first-order chi connectivity index (χ1) is 11.4. The van der Waals surface area contributed by atoms with Crippen LogP contribution in [0, 0.1) is 0 Å². The number of hydrogen-bond acceptors (Lipinski definition) is 4. The zero-order valence-corrected chi connectivity index (χ0v) is 15.3. The van der Waals surface area contributed by atoms with E-state index in [9.17, 15) is 9.59 Å². The van der Waals surface area contributed by atoms with Gasteiger partial charge in [0.05, 0.1) is 25.8 Å². The summed E-state index contributed by atoms with van der Waals surface area (Å²) in [5, 5.41) is 2.84. The number of nitrogens with zero attached hydrogens (tertiary/aromatic N) is 1. The van der Waals surface area contributed by atoms with Gasteiger partial charge in [-0.25, -0.2) is 9.59 Å². The number of carbonyl (C=O) groups excluding carboxylic acids is 2. The molecule has 6 nitrogen and oxygen atoms in total. The minimum absolute atomic E-state index is 0.292. The van der Waals surface area contributed by atoms with Gasteiger partial charge in [-0.05, 0) is 25.1 Å². The summed E-state index contributed by atoms with van der Waals surface area (Å²) in [4.78, 5) is 26.3. The Kier molecular flexibility index (Phi) is 5.66. The van der Waals surface area contributed by atoms with Crippen LogP contribution in [0.15, 0.2) is 46.6 Å². The van der Waals surface area contributed by atoms with Crippen molar-refractivity contribution >= 4 is 27.9 Å². The molecule has 0 radical (unpaired) electrons. The van der Waals surface area contributed by atoms with Crippen molar-refractivity contribution in [3.8, 4) is 5.75 Å². The molecular formula is C17H19BrN2O4. The second-order valence-corrected chi connectivity index (χ2v) is 6.07. The molecule has 7 heteroatoms. The molecule has 1 aromatic rings. The molecule has 0 saturated carbocycles. The molecule has 0 aromatic heterocycles. The second kappa shape index (κ2) is 7.53. The van der Waals surface area contributed by atoms with Gasteiger partial charge in [-0.3, -0.25) is 4.90 Å². The molecule has 1 atom stereocenters. The Balaban J connectivity index is 2.64. The molecule has 2 rings (SSSR count). The lowest BCUT2D eigenvalue weighted by atomic mass is 9.94. The SMILES string of the molecule is C=CCN1C(=O)NC(c2cc(Br)ccc2OC)C(C(=O)OC)=C1C. The van der Waals surface area contributed by atoms with Crippen molar-refractivity contribution in [3.63, 3.8) is 0 Å². The lowest BCUT2D eigenvalue weighted by Gasteiger charge is -2.35. The average Bonchev–Trinajstić information content (AvgIpc) is 2.57. The maximum absolute atomic E-state index is 12.4. The van der Waals surface area contributed by atoms with E-state index in [2.05, 4.69) is 27.8 Å². The fourth-order valence-electron chi connectivity index (χ4n) is 2.67. The van der Waals surface area contributed by atoms with E-state index in [0.717, 1.165) is 4.47 Å². The van der Waals surface area contributed by atoms with Gasteiger partial charge in [0, 0.05) is 22.3 Å². The van der Waals surface area contributed by atoms with Gasteiger partial charge in [-0.1, -0.05) is 22.0 Å². The number of allylic oxidation sites excluding steroid dienone is 1. The molecular weight excluding hydrogens is 376 g/mol. The van der Waals surface area contributed by atoms with E-state index in [0.29, 0.717) is 29.1 Å². The maximum Gasteiger partial charge on any atom is 0.337 e. The standard InChI is InChI=1S/C17H19BrN2O4/c1-5-8-20-10(2)14(16(21)24-4)15(19-17(20)22)12-9-11(18)6-7-13(12)23-3/h5-7,9,15H,1,8H2,2-4H3,(H,19,22). The Labute approximate surface area is 149 Å². The smallest absolute Gasteiger partial charge is 0.337 e. The lowest BCUT2D eigenvalue weighted by molar-refractivity contribution is -0.136. The van der Waals surface area contributed by atoms with Gasteiger partial charge in [0.15, 0.2) is 0 Å². The van der Waals surface area contributed by atoms with Gasteiger partial charge < -0.3 is 14.8 Å². The van der Waals surface area contributed by atoms with Crippen molar-refractivity contribution in [3.05, 3.63) is 52.2 Å². The highest BCUT2D eigenvalue weighted by molar-refractivity contribution is 9.10. The van der Waals surface area contributed by atoms with E-state index in [1.165, 1.54) is 19.1 Å². The maximum atomic E-state index is 12.4. The van der Waals surface area contributed by atoms with Crippen LogP contribution in [0.5, 0.6) is 5.75 Å². The molecule has 2 amide bonds. The van der Waals surface area contributed by atoms with E-state index in [-0.39, 0.29) is 6.03 Å². The highest BCUT2D eigenvalue weighted by atomic mass is 79.9. The predicted octanol–water partition coefficient (Wildman–Crippen LogP) is 3.16. The average molecular weight is 395 g/mol. The van der Waals surface area contributed by atoms with Crippen LogP contribution in [0.2, 0.25) is 0 Å². The molecule has 24 heavy (non-hydrogen) atoms. The summed E-state index contributed by atoms with van der Waals surface area (Å²) in [5.74, 6) is 0.0588. The van der Waals surface area contributed by atoms with Crippen LogP contribution in [0.25, 0.3) is 0 Å². The second-order valence-electron chi connectivity index (χ2n) is 5.16. The molecule has 1 aromatic carbocycles. The zero-order valence-electron chi connectivity index (χ0n) is 13.8. The number of benzene rings is 1. The highest BCUT2D eigenvalue weighted by Crippen LogP contribution is 2.37. The Morgan fingerprint density at radius 2 is 2.17 bits per heavy atom. The number of carbonyl (C=O) groups is 2. The topological polar surface area (TPSA) is 67.9 Å². The Bertz CT molecular complexity index is 715. The molecule has 1 heterocycles. The summed E-state index contributed by atoms with van der Waals surface area (Å²) < 4.78 is 11.1. The number of methoxy groups -OCH3 is 2. The summed E-state index contributed by atoms with van der Waals surface area (Å²) >= 11 is 3.41. The highest BCUT2D eigenvalue weighted by Gasteiger charge is 2.37. The Morgan fingerprint density at radius 3 is 2.75 bits per heavy atom. The van der Waals surface area contributed by atoms with Crippen LogP contribution in [0.1, 0.15) is 18.5 Å². The third kappa shape index (κ3) is 3.31. The molecule has 0 fully saturated rings. The van der Waals surface area contributed by atoms with E-state index in [4.69, 9.17) is 9.47 Å². The monoisotopic (exact) mass is 394 g/mol. The molecule has 0 bridgehead atoms. The number of amides is 2. The lowest BCUT2D eigenvalue weighted by Crippen LogP contribution is -2.48. The van der Waals surface area contributed by atoms with Crippen LogP contribution in [0.3, 0.4) is 0 Å². The summed E-state index contributed by atoms with van der Waals surface area (Å²) in [7, 11) is 2.85. The predicted molar refractivity (Wildman–Crippen MR) is 93.6 cm³/mol. The molecule has 0 aliphatic carbocycles. The van der Waals surface area contributed by atoms with Gasteiger partial charge in [0.1, 0.15) is 5.75 Å². The van der Waals surface area contributed by atoms with E-state index in [1.807, 2.05) is 12.1 Å². The van der Waals surface area contributed by atoms with Crippen LogP contribution in [-0.4, -0.2) is 37.7 Å². The molecule has 0 saturated heterocycles. The quantitative estimate of drug-likeness (QED) is 0.615. The number of hydrogen-bond donors (Lipinski definition) is 1. The zero-order chi connectivity index (χ0) is 17.9. The molecule has 1 N–H and O–H groups in total. The first-order valence-electron chi connectivity index (χ1n) is 7.26. The van der Waals surface area contributed by atoms with Crippen molar-refractivity contribution in [2.24, 2.45) is 0 Å². The molecule has 1 aliphatic heterocycles. The number of rotatable bonds is 5. The van der Waals surface area contributed by atoms with Gasteiger partial charge in [0.2, 0.25) is 0 Å². The number of nitrogens with one attached hydrogen (secondary N) is 1. The summed E-state index contributed by atoms with van der Waals surface area (Å²) in [6.45, 7) is 5.65. The molecule has 128 valence electrons. The largest absolute Gasteiger partial charge is 0.496 e. The van der Waals surface area contributed by atoms with Gasteiger partial charge in [-0.2, -0.15) is 0 Å². The van der Waals surface area contributed by atoms with Crippen LogP contribution >= 0.6 is 15.9 Å². The molecule has 1 unspecified atom stereocenters. The van der Waals surface area contributed by atoms with Crippen molar-refractivity contribution in [1.82, 2.24) is 10.2 Å². The number of halogens is 1. The summed E-state index contributed by atoms with van der Waals surface area (Å²) in [6.07, 6.45) is 1.60. The number of esters is 1. The Hall–Kier alpha value is -2.28. The van der Waals surface area contributed by atoms with E-state index < -0.39 is 12.0 Å². The van der Waals surface area contributed by atoms with Crippen molar-refractivity contribution in [2.45, 2.75) is 13.0 Å². The third-order valence-electron chi connectivity index (χ3n) is 3.82. The number of urea groups is 1. The first kappa shape index (κ1) is 18.1. The van der Waals surface area contributed by atoms with Gasteiger partial charge in [0.25, 0.3) is 0 Å². The van der Waals surface area contributed by atoms with Crippen molar-refractivity contribution in [1.29, 1.82) is 0 Å². The third-order valence-corrected chi connectivity index (χ3v) is 4.31. The summed E-state index contributed by atoms with van der Waals surface area (Å²) in [6, 6.07) is 4.42. The summed E-state index contributed by atoms with van der Waals surface area (Å²) in [5.41, 5.74) is 1.55. The van der Waals surface area contributed by atoms with Crippen molar-refractivity contribution in [2.75, 3.05) is 20.8 Å². The Morgan fingerprint density at radius 1 is 1.46 bits per heavy atom. The van der Waals surface area contributed by atoms with Crippen LogP contribution in [-0.2, 0) is 9.53 Å². The molecule has 0 spiro atoms. The van der Waals surface area contributed by atoms with Gasteiger partial charge in [-0.15, -0.1) is 6.58 Å². The fraction of sp³-hybridized carbons (Fsp3) is 0.294. The first-order valence-corrected chi connectivity index (χ1v) is 8.05. The van der Waals surface area contributed by atoms with E-state index in [1.54, 1.807) is 19.1 Å². The van der Waals surface area contributed by atoms with Crippen molar-refractivity contribution < 1.29 is 19.1 Å². The molecule has 1 aliphatic rings. The van der Waals surface area contributed by atoms with E-state index >= 15 is 0 Å². The van der Waals surface area contributed by atoms with Crippen LogP contribution < -0.4 is 10.1 Å².